The molecule has 0 aliphatic rings. The van der Waals surface area contributed by atoms with Gasteiger partial charge in [0.1, 0.15) is 11.6 Å². The molecule has 0 aliphatic carbocycles. The van der Waals surface area contributed by atoms with Crippen molar-refractivity contribution < 1.29 is 26.2 Å². The zero-order valence-corrected chi connectivity index (χ0v) is 42.8. The molecule has 4 nitrogen and oxygen atoms in total. The van der Waals surface area contributed by atoms with E-state index >= 15 is 0 Å². The van der Waals surface area contributed by atoms with Crippen molar-refractivity contribution in [2.45, 2.75) is 118 Å². The van der Waals surface area contributed by atoms with E-state index in [1.165, 1.54) is 27.8 Å². The van der Waals surface area contributed by atoms with Crippen LogP contribution in [0.2, 0.25) is 0 Å². The molecule has 336 valence electrons. The molecule has 5 heteroatoms. The summed E-state index contributed by atoms with van der Waals surface area (Å²) in [5.41, 5.74) is 17.1. The van der Waals surface area contributed by atoms with Crippen molar-refractivity contribution in [1.29, 1.82) is 0 Å². The molecule has 0 unspecified atom stereocenters. The minimum Gasteiger partial charge on any atom is -0.507 e. The number of aromatic nitrogens is 3. The summed E-state index contributed by atoms with van der Waals surface area (Å²) < 4.78 is 2.26. The summed E-state index contributed by atoms with van der Waals surface area (Å²) >= 11 is 0. The van der Waals surface area contributed by atoms with E-state index in [0.29, 0.717) is 11.4 Å². The van der Waals surface area contributed by atoms with Crippen LogP contribution in [0, 0.1) is 6.07 Å². The van der Waals surface area contributed by atoms with Crippen LogP contribution in [0.25, 0.3) is 72.7 Å². The number of hydrogen-bond donors (Lipinski definition) is 1. The summed E-state index contributed by atoms with van der Waals surface area (Å²) in [6.07, 6.45) is 2.77. The third-order valence-electron chi connectivity index (χ3n) is 12.7. The number of aryl methyl sites for hydroxylation is 1. The van der Waals surface area contributed by atoms with Gasteiger partial charge >= 0.3 is 0 Å². The first-order chi connectivity index (χ1) is 30.1. The third-order valence-corrected chi connectivity index (χ3v) is 12.7. The number of rotatable bonds is 7. The molecule has 0 atom stereocenters. The fourth-order valence-electron chi connectivity index (χ4n) is 8.69. The van der Waals surface area contributed by atoms with Crippen molar-refractivity contribution >= 4 is 11.0 Å². The number of phenolic OH excluding ortho intramolecular Hbond substituents is 1. The maximum atomic E-state index is 12.4. The Morgan fingerprint density at radius 3 is 1.82 bits per heavy atom. The predicted molar refractivity (Wildman–Crippen MR) is 271 cm³/mol. The first kappa shape index (κ1) is 47.4. The number of phenols is 1. The quantitative estimate of drug-likeness (QED) is 0.162. The summed E-state index contributed by atoms with van der Waals surface area (Å²) in [5.74, 6) is 0.961. The summed E-state index contributed by atoms with van der Waals surface area (Å²) in [6, 6.07) is 49.7. The molecule has 8 aromatic rings. The standard InChI is InChI=1S/C60H64N3O.Pt/c1-14-38-34-47(27-28-48(38)40-19-16-15-17-20-40)63-53-22-18-21-49(54(53)62-56(63)50-36-46(59(8,9)10)37-51(55(50)64)60(11,12)13)42-31-43(33-45(32-42)58(5,6)7)52-35-41(29-30-61-52)39-23-25-44(26-24-39)57(2,3)4;/h15-30,32-37,64H,14H2,1-13H3;/q-1;. The number of aromatic hydroxyl groups is 1. The van der Waals surface area contributed by atoms with Gasteiger partial charge in [-0.15, -0.1) is 29.3 Å². The average Bonchev–Trinajstić information content (AvgIpc) is 3.65. The molecule has 1 N–H and O–H groups in total. The van der Waals surface area contributed by atoms with Crippen LogP contribution in [0.3, 0.4) is 0 Å². The molecule has 0 fully saturated rings. The average molecular weight is 1040 g/mol. The Morgan fingerprint density at radius 2 is 1.18 bits per heavy atom. The Balaban J connectivity index is 0.00000630. The molecule has 6 aromatic carbocycles. The van der Waals surface area contributed by atoms with Crippen molar-refractivity contribution in [1.82, 2.24) is 14.5 Å². The molecule has 0 spiro atoms. The van der Waals surface area contributed by atoms with E-state index in [4.69, 9.17) is 9.97 Å². The first-order valence-electron chi connectivity index (χ1n) is 22.9. The molecule has 65 heavy (non-hydrogen) atoms. The van der Waals surface area contributed by atoms with E-state index < -0.39 is 0 Å². The number of fused-ring (bicyclic) bond motifs is 1. The van der Waals surface area contributed by atoms with Crippen LogP contribution >= 0.6 is 0 Å². The second-order valence-electron chi connectivity index (χ2n) is 21.6. The van der Waals surface area contributed by atoms with Gasteiger partial charge in [0.15, 0.2) is 0 Å². The smallest absolute Gasteiger partial charge is 0.148 e. The van der Waals surface area contributed by atoms with Gasteiger partial charge in [0.2, 0.25) is 0 Å². The number of nitrogens with zero attached hydrogens (tertiary/aromatic N) is 3. The van der Waals surface area contributed by atoms with Crippen LogP contribution in [0.15, 0.2) is 134 Å². The van der Waals surface area contributed by atoms with Crippen LogP contribution in [-0.2, 0) is 49.1 Å². The van der Waals surface area contributed by atoms with E-state index in [-0.39, 0.29) is 48.5 Å². The zero-order valence-electron chi connectivity index (χ0n) is 40.5. The zero-order chi connectivity index (χ0) is 45.9. The molecule has 8 rings (SSSR count). The third kappa shape index (κ3) is 9.57. The summed E-state index contributed by atoms with van der Waals surface area (Å²) in [6.45, 7) is 28.9. The van der Waals surface area contributed by atoms with E-state index in [1.54, 1.807) is 0 Å². The molecule has 2 heterocycles. The monoisotopic (exact) mass is 1040 g/mol. The minimum absolute atomic E-state index is 0. The molecule has 0 bridgehead atoms. The van der Waals surface area contributed by atoms with Crippen molar-refractivity contribution in [2.75, 3.05) is 0 Å². The van der Waals surface area contributed by atoms with Crippen molar-refractivity contribution in [3.05, 3.63) is 167 Å². The van der Waals surface area contributed by atoms with Crippen LogP contribution in [0.1, 0.15) is 118 Å². The topological polar surface area (TPSA) is 50.9 Å². The summed E-state index contributed by atoms with van der Waals surface area (Å²) in [5, 5.41) is 12.4. The molecular formula is C60H64N3OPt-. The summed E-state index contributed by atoms with van der Waals surface area (Å²) in [4.78, 5) is 10.6. The molecule has 0 saturated carbocycles. The maximum Gasteiger partial charge on any atom is 0.148 e. The van der Waals surface area contributed by atoms with Gasteiger partial charge in [-0.1, -0.05) is 186 Å². The predicted octanol–water partition coefficient (Wildman–Crippen LogP) is 16.0. The minimum atomic E-state index is -0.311. The fourth-order valence-corrected chi connectivity index (χ4v) is 8.69. The maximum absolute atomic E-state index is 12.4. The fraction of sp³-hybridized carbons (Fsp3) is 0.300. The van der Waals surface area contributed by atoms with Crippen LogP contribution in [-0.4, -0.2) is 19.6 Å². The molecule has 2 aromatic heterocycles. The molecule has 0 aliphatic heterocycles. The van der Waals surface area contributed by atoms with Gasteiger partial charge in [0.25, 0.3) is 0 Å². The first-order valence-corrected chi connectivity index (χ1v) is 22.9. The van der Waals surface area contributed by atoms with E-state index in [2.05, 4.69) is 228 Å². The van der Waals surface area contributed by atoms with Crippen molar-refractivity contribution in [3.8, 4) is 67.5 Å². The van der Waals surface area contributed by atoms with Crippen molar-refractivity contribution in [3.63, 3.8) is 0 Å². The molecule has 0 amide bonds. The van der Waals surface area contributed by atoms with E-state index in [0.717, 1.165) is 67.8 Å². The Morgan fingerprint density at radius 1 is 0.538 bits per heavy atom. The second-order valence-corrected chi connectivity index (χ2v) is 21.6. The van der Waals surface area contributed by atoms with Crippen molar-refractivity contribution in [2.24, 2.45) is 0 Å². The van der Waals surface area contributed by atoms with E-state index in [9.17, 15) is 5.11 Å². The molecular weight excluding hydrogens is 974 g/mol. The molecule has 0 saturated heterocycles. The Labute approximate surface area is 402 Å². The normalized spacial score (nSPS) is 12.4. The molecule has 0 radical (unpaired) electrons. The van der Waals surface area contributed by atoms with Gasteiger partial charge in [0, 0.05) is 44.2 Å². The van der Waals surface area contributed by atoms with Crippen LogP contribution in [0.4, 0.5) is 0 Å². The van der Waals surface area contributed by atoms with Gasteiger partial charge in [-0.05, 0) is 97.4 Å². The number of para-hydroxylation sites is 1. The number of hydrogen-bond acceptors (Lipinski definition) is 3. The van der Waals surface area contributed by atoms with Gasteiger partial charge in [-0.3, -0.25) is 9.55 Å². The Kier molecular flexibility index (Phi) is 12.9. The number of pyridine rings is 1. The van der Waals surface area contributed by atoms with Gasteiger partial charge in [-0.2, -0.15) is 0 Å². The van der Waals surface area contributed by atoms with E-state index in [1.807, 2.05) is 6.20 Å². The number of imidazole rings is 1. The Hall–Kier alpha value is -5.57. The summed E-state index contributed by atoms with van der Waals surface area (Å²) in [7, 11) is 0. The largest absolute Gasteiger partial charge is 0.507 e. The van der Waals surface area contributed by atoms with Gasteiger partial charge in [-0.25, -0.2) is 4.98 Å². The Bertz CT molecular complexity index is 3000. The second kappa shape index (κ2) is 17.7. The van der Waals surface area contributed by atoms with Gasteiger partial charge < -0.3 is 5.11 Å². The van der Waals surface area contributed by atoms with Gasteiger partial charge in [0.05, 0.1) is 16.6 Å². The van der Waals surface area contributed by atoms with Crippen LogP contribution in [0.5, 0.6) is 5.75 Å². The number of benzene rings is 6. The van der Waals surface area contributed by atoms with Crippen LogP contribution < -0.4 is 0 Å². The SMILES string of the molecule is CCc1cc(-n2c(-c3cc(C(C)(C)C)cc(C(C)(C)C)c3O)nc3c(-c4[c-]c(-c5cc(-c6ccc(C(C)(C)C)cc6)ccn5)cc(C(C)(C)C)c4)cccc32)ccc1-c1ccccc1.[Pt].